The van der Waals surface area contributed by atoms with E-state index in [0.717, 1.165) is 6.42 Å². The van der Waals surface area contributed by atoms with Crippen molar-refractivity contribution in [3.05, 3.63) is 0 Å². The van der Waals surface area contributed by atoms with Crippen molar-refractivity contribution in [2.75, 3.05) is 19.8 Å². The van der Waals surface area contributed by atoms with Crippen molar-refractivity contribution in [1.29, 1.82) is 5.26 Å². The van der Waals surface area contributed by atoms with E-state index in [1.807, 2.05) is 27.7 Å². The molecule has 0 aliphatic rings. The van der Waals surface area contributed by atoms with Gasteiger partial charge in [-0.25, -0.2) is 0 Å². The van der Waals surface area contributed by atoms with Crippen molar-refractivity contribution >= 4 is 20.6 Å². The molecule has 0 saturated heterocycles. The minimum absolute atomic E-state index is 0.00245. The second-order valence-corrected chi connectivity index (χ2v) is 7.18. The maximum absolute atomic E-state index is 8.80. The Hall–Kier alpha value is -0.0631. The predicted octanol–water partition coefficient (Wildman–Crippen LogP) is 2.57. The van der Waals surface area contributed by atoms with E-state index < -0.39 is 8.80 Å². The highest BCUT2D eigenvalue weighted by atomic mass is 32.2. The molecule has 0 saturated carbocycles. The first-order valence-electron chi connectivity index (χ1n) is 5.67. The number of thioether (sulfide) groups is 1. The zero-order valence-corrected chi connectivity index (χ0v) is 12.3. The molecule has 6 heteroatoms. The van der Waals surface area contributed by atoms with Crippen LogP contribution in [0.3, 0.4) is 0 Å². The van der Waals surface area contributed by atoms with E-state index >= 15 is 0 Å². The van der Waals surface area contributed by atoms with Crippen molar-refractivity contribution in [1.82, 2.24) is 0 Å². The summed E-state index contributed by atoms with van der Waals surface area (Å²) in [4.78, 5) is -0.00245. The fourth-order valence-electron chi connectivity index (χ4n) is 1.48. The number of hydrogen-bond acceptors (Lipinski definition) is 5. The highest BCUT2D eigenvalue weighted by Crippen LogP contribution is 2.27. The first kappa shape index (κ1) is 15.9. The summed E-state index contributed by atoms with van der Waals surface area (Å²) < 4.78 is 17.2. The predicted molar refractivity (Wildman–Crippen MR) is 67.9 cm³/mol. The highest BCUT2D eigenvalue weighted by Gasteiger charge is 2.49. The fourth-order valence-corrected chi connectivity index (χ4v) is 5.63. The van der Waals surface area contributed by atoms with Gasteiger partial charge >= 0.3 is 8.80 Å². The molecule has 0 aliphatic heterocycles. The van der Waals surface area contributed by atoms with Crippen molar-refractivity contribution in [2.24, 2.45) is 0 Å². The van der Waals surface area contributed by atoms with Gasteiger partial charge in [-0.3, -0.25) is 0 Å². The summed E-state index contributed by atoms with van der Waals surface area (Å²) in [5.41, 5.74) is 0. The number of hydrogen-bond donors (Lipinski definition) is 0. The van der Waals surface area contributed by atoms with Crippen LogP contribution in [0.1, 0.15) is 34.1 Å². The lowest BCUT2D eigenvalue weighted by Crippen LogP contribution is -2.55. The molecule has 0 aromatic heterocycles. The minimum Gasteiger partial charge on any atom is -0.373 e. The van der Waals surface area contributed by atoms with Crippen LogP contribution in [0.25, 0.3) is 0 Å². The molecule has 0 aromatic rings. The molecule has 0 aromatic carbocycles. The minimum atomic E-state index is -2.71. The van der Waals surface area contributed by atoms with Crippen LogP contribution >= 0.6 is 11.8 Å². The molecule has 0 spiro atoms. The third-order valence-electron chi connectivity index (χ3n) is 2.00. The van der Waals surface area contributed by atoms with E-state index in [1.165, 1.54) is 11.8 Å². The Labute approximate surface area is 104 Å². The molecule has 0 rings (SSSR count). The lowest BCUT2D eigenvalue weighted by atomic mass is 10.6. The van der Waals surface area contributed by atoms with Gasteiger partial charge in [0, 0.05) is 19.8 Å². The van der Waals surface area contributed by atoms with Crippen molar-refractivity contribution in [3.63, 3.8) is 0 Å². The average molecular weight is 263 g/mol. The number of nitriles is 1. The van der Waals surface area contributed by atoms with E-state index in [-0.39, 0.29) is 4.87 Å². The topological polar surface area (TPSA) is 51.5 Å². The van der Waals surface area contributed by atoms with Crippen LogP contribution < -0.4 is 0 Å². The molecule has 0 fully saturated rings. The van der Waals surface area contributed by atoms with E-state index in [1.54, 1.807) is 0 Å². The molecule has 0 bridgehead atoms. The highest BCUT2D eigenvalue weighted by molar-refractivity contribution is 8.05. The van der Waals surface area contributed by atoms with E-state index in [2.05, 4.69) is 5.40 Å². The molecule has 94 valence electrons. The first-order chi connectivity index (χ1) is 7.70. The smallest absolute Gasteiger partial charge is 0.373 e. The Balaban J connectivity index is 4.86. The van der Waals surface area contributed by atoms with Gasteiger partial charge in [0.2, 0.25) is 0 Å². The maximum Gasteiger partial charge on any atom is 0.515 e. The fraction of sp³-hybridized carbons (Fsp3) is 0.900. The van der Waals surface area contributed by atoms with Gasteiger partial charge in [-0.2, -0.15) is 5.26 Å². The van der Waals surface area contributed by atoms with Gasteiger partial charge < -0.3 is 13.3 Å². The van der Waals surface area contributed by atoms with Gasteiger partial charge in [0.15, 0.2) is 0 Å². The van der Waals surface area contributed by atoms with Crippen molar-refractivity contribution in [2.45, 2.75) is 39.0 Å². The van der Waals surface area contributed by atoms with Gasteiger partial charge in [-0.1, -0.05) is 6.92 Å². The molecule has 0 amide bonds. The molecular weight excluding hydrogens is 242 g/mol. The Morgan fingerprint density at radius 3 is 1.75 bits per heavy atom. The normalized spacial score (nSPS) is 13.4. The SMILES string of the molecule is CCO[Si](OCC)(OCC)[C@H](CC)SC#N. The van der Waals surface area contributed by atoms with Crippen molar-refractivity contribution in [3.8, 4) is 5.40 Å². The molecule has 0 aliphatic carbocycles. The van der Waals surface area contributed by atoms with Gasteiger partial charge in [-0.05, 0) is 39.0 Å². The number of nitrogens with zero attached hydrogens (tertiary/aromatic N) is 1. The lowest BCUT2D eigenvalue weighted by molar-refractivity contribution is 0.0693. The summed E-state index contributed by atoms with van der Waals surface area (Å²) in [6.07, 6.45) is 0.810. The summed E-state index contributed by atoms with van der Waals surface area (Å²) >= 11 is 1.20. The Morgan fingerprint density at radius 1 is 1.06 bits per heavy atom. The molecule has 0 heterocycles. The largest absolute Gasteiger partial charge is 0.515 e. The second kappa shape index (κ2) is 9.02. The van der Waals surface area contributed by atoms with Crippen LogP contribution in [0.2, 0.25) is 0 Å². The van der Waals surface area contributed by atoms with Gasteiger partial charge in [0.25, 0.3) is 0 Å². The zero-order valence-electron chi connectivity index (χ0n) is 10.5. The molecule has 1 atom stereocenters. The standard InChI is InChI=1S/C10H21NO3SSi/c1-5-10(15-9-11)16(12-6-2,13-7-3)14-8-4/h10H,5-8H2,1-4H3/t10-/m1/s1. The Bertz CT molecular complexity index is 206. The molecule has 0 unspecified atom stereocenters. The van der Waals surface area contributed by atoms with Crippen LogP contribution in [0, 0.1) is 10.7 Å². The molecule has 0 radical (unpaired) electrons. The van der Waals surface area contributed by atoms with E-state index in [0.29, 0.717) is 19.8 Å². The van der Waals surface area contributed by atoms with Crippen LogP contribution in [-0.4, -0.2) is 33.5 Å². The third-order valence-corrected chi connectivity index (χ3v) is 7.21. The molecule has 0 N–H and O–H groups in total. The average Bonchev–Trinajstić information content (AvgIpc) is 2.26. The van der Waals surface area contributed by atoms with E-state index in [9.17, 15) is 0 Å². The second-order valence-electron chi connectivity index (χ2n) is 3.01. The van der Waals surface area contributed by atoms with Crippen LogP contribution in [0.5, 0.6) is 0 Å². The summed E-state index contributed by atoms with van der Waals surface area (Å²) in [7, 11) is -2.71. The molecule has 16 heavy (non-hydrogen) atoms. The third kappa shape index (κ3) is 4.43. The number of thiocyanates is 1. The monoisotopic (exact) mass is 263 g/mol. The van der Waals surface area contributed by atoms with Gasteiger partial charge in [0.05, 0.1) is 4.87 Å². The summed E-state index contributed by atoms with van der Waals surface area (Å²) in [5.74, 6) is 0. The Kier molecular flexibility index (Phi) is 8.98. The summed E-state index contributed by atoms with van der Waals surface area (Å²) in [5, 5.41) is 10.9. The lowest BCUT2D eigenvalue weighted by Gasteiger charge is -2.33. The summed E-state index contributed by atoms with van der Waals surface area (Å²) in [6.45, 7) is 9.43. The van der Waals surface area contributed by atoms with Gasteiger partial charge in [-0.15, -0.1) is 0 Å². The van der Waals surface area contributed by atoms with Crippen LogP contribution in [0.15, 0.2) is 0 Å². The van der Waals surface area contributed by atoms with Crippen molar-refractivity contribution < 1.29 is 13.3 Å². The summed E-state index contributed by atoms with van der Waals surface area (Å²) in [6, 6.07) is 0. The van der Waals surface area contributed by atoms with E-state index in [4.69, 9.17) is 18.5 Å². The first-order valence-corrected chi connectivity index (χ1v) is 8.35. The van der Waals surface area contributed by atoms with Crippen LogP contribution in [0.4, 0.5) is 0 Å². The van der Waals surface area contributed by atoms with Gasteiger partial charge in [0.1, 0.15) is 5.40 Å². The maximum atomic E-state index is 8.80. The number of rotatable bonds is 9. The zero-order chi connectivity index (χ0) is 12.4. The Morgan fingerprint density at radius 2 is 1.50 bits per heavy atom. The molecular formula is C10H21NO3SSi. The quantitative estimate of drug-likeness (QED) is 0.473. The molecule has 4 nitrogen and oxygen atoms in total. The van der Waals surface area contributed by atoms with Crippen LogP contribution in [-0.2, 0) is 13.3 Å².